The Morgan fingerprint density at radius 3 is 2.54 bits per heavy atom. The summed E-state index contributed by atoms with van der Waals surface area (Å²) in [5.74, 6) is -1.29. The molecule has 1 aliphatic heterocycles. The van der Waals surface area contributed by atoms with E-state index in [0.29, 0.717) is 17.8 Å². The number of carbonyl (C=O) groups is 2. The molecule has 2 unspecified atom stereocenters. The number of carboxylic acids is 1. The van der Waals surface area contributed by atoms with E-state index in [1.54, 1.807) is 0 Å². The van der Waals surface area contributed by atoms with Crippen LogP contribution in [-0.2, 0) is 9.53 Å². The van der Waals surface area contributed by atoms with Gasteiger partial charge in [-0.25, -0.2) is 4.79 Å². The van der Waals surface area contributed by atoms with Gasteiger partial charge in [0.05, 0.1) is 5.92 Å². The summed E-state index contributed by atoms with van der Waals surface area (Å²) in [6.07, 6.45) is 1.78. The molecule has 188 valence electrons. The van der Waals surface area contributed by atoms with E-state index in [0.717, 1.165) is 46.5 Å². The van der Waals surface area contributed by atoms with Crippen LogP contribution in [0, 0.1) is 0 Å². The number of aromatic nitrogens is 1. The van der Waals surface area contributed by atoms with Crippen LogP contribution < -0.4 is 10.6 Å². The molecule has 0 spiro atoms. The largest absolute Gasteiger partial charge is 0.481 e. The fourth-order valence-electron chi connectivity index (χ4n) is 4.58. The number of amides is 1. The molecule has 8 nitrogen and oxygen atoms in total. The Morgan fingerprint density at radius 2 is 1.78 bits per heavy atom. The molecule has 8 heteroatoms. The molecule has 0 aliphatic carbocycles. The number of benzene rings is 3. The molecule has 0 bridgehead atoms. The first-order valence-corrected chi connectivity index (χ1v) is 12.2. The number of aliphatic carboxylic acids is 1. The monoisotopic (exact) mass is 497 g/mol. The molecule has 0 fully saturated rings. The fourth-order valence-corrected chi connectivity index (χ4v) is 4.58. The zero-order valence-corrected chi connectivity index (χ0v) is 20.3. The summed E-state index contributed by atoms with van der Waals surface area (Å²) in [5, 5.41) is 19.8. The van der Waals surface area contributed by atoms with Gasteiger partial charge in [0.2, 0.25) is 0 Å². The Balaban J connectivity index is 1.31. The van der Waals surface area contributed by atoms with Crippen molar-refractivity contribution in [3.8, 4) is 22.4 Å². The second-order valence-electron chi connectivity index (χ2n) is 9.00. The van der Waals surface area contributed by atoms with Gasteiger partial charge in [-0.1, -0.05) is 71.9 Å². The van der Waals surface area contributed by atoms with E-state index in [9.17, 15) is 14.7 Å². The van der Waals surface area contributed by atoms with Gasteiger partial charge in [-0.2, -0.15) is 0 Å². The van der Waals surface area contributed by atoms with Crippen molar-refractivity contribution in [2.24, 2.45) is 0 Å². The predicted molar refractivity (Wildman–Crippen MR) is 140 cm³/mol. The third-order valence-corrected chi connectivity index (χ3v) is 6.56. The zero-order chi connectivity index (χ0) is 25.8. The third-order valence-electron chi connectivity index (χ3n) is 6.56. The van der Waals surface area contributed by atoms with Crippen LogP contribution in [0.5, 0.6) is 0 Å². The van der Waals surface area contributed by atoms with Gasteiger partial charge >= 0.3 is 12.1 Å². The Hall–Kier alpha value is -4.59. The SMILES string of the molecule is CC(OC(=O)Nc1conc1-c1ccc(-c2ccc3c(c2)NCCCC3C(=O)O)cc1)c1ccccc1. The third kappa shape index (κ3) is 5.33. The summed E-state index contributed by atoms with van der Waals surface area (Å²) >= 11 is 0. The molecule has 0 saturated carbocycles. The van der Waals surface area contributed by atoms with E-state index in [2.05, 4.69) is 15.8 Å². The first-order chi connectivity index (χ1) is 18.0. The summed E-state index contributed by atoms with van der Waals surface area (Å²) in [6.45, 7) is 2.55. The molecule has 4 aromatic rings. The van der Waals surface area contributed by atoms with Crippen LogP contribution >= 0.6 is 0 Å². The van der Waals surface area contributed by atoms with Crippen LogP contribution in [0.15, 0.2) is 83.6 Å². The van der Waals surface area contributed by atoms with Crippen LogP contribution in [-0.4, -0.2) is 28.9 Å². The topological polar surface area (TPSA) is 114 Å². The van der Waals surface area contributed by atoms with Crippen LogP contribution in [0.2, 0.25) is 0 Å². The predicted octanol–water partition coefficient (Wildman–Crippen LogP) is 6.69. The maximum Gasteiger partial charge on any atom is 0.412 e. The van der Waals surface area contributed by atoms with E-state index in [-0.39, 0.29) is 0 Å². The standard InChI is InChI=1S/C29H27N3O5/c1-18(19-6-3-2-4-7-19)37-29(35)31-26-17-36-32-27(26)21-11-9-20(10-12-21)22-13-14-23-24(28(33)34)8-5-15-30-25(23)16-22/h2-4,6-7,9-14,16-18,24,30H,5,8,15H2,1H3,(H,31,35)(H,33,34). The molecule has 3 aromatic carbocycles. The van der Waals surface area contributed by atoms with Crippen molar-refractivity contribution < 1.29 is 24.0 Å². The highest BCUT2D eigenvalue weighted by atomic mass is 16.6. The van der Waals surface area contributed by atoms with E-state index in [4.69, 9.17) is 9.26 Å². The number of nitrogens with one attached hydrogen (secondary N) is 2. The number of hydrogen-bond donors (Lipinski definition) is 3. The van der Waals surface area contributed by atoms with Crippen molar-refractivity contribution in [3.05, 3.63) is 90.2 Å². The highest BCUT2D eigenvalue weighted by molar-refractivity contribution is 5.90. The number of carboxylic acid groups (broad SMARTS) is 1. The minimum Gasteiger partial charge on any atom is -0.481 e. The zero-order valence-electron chi connectivity index (χ0n) is 20.3. The maximum absolute atomic E-state index is 12.5. The van der Waals surface area contributed by atoms with Crippen LogP contribution in [0.1, 0.15) is 42.9 Å². The lowest BCUT2D eigenvalue weighted by Crippen LogP contribution is -2.16. The van der Waals surface area contributed by atoms with Crippen molar-refractivity contribution in [2.45, 2.75) is 31.8 Å². The van der Waals surface area contributed by atoms with E-state index >= 15 is 0 Å². The molecule has 1 aromatic heterocycles. The molecule has 0 radical (unpaired) electrons. The van der Waals surface area contributed by atoms with Crippen molar-refractivity contribution in [1.82, 2.24) is 5.16 Å². The first kappa shape index (κ1) is 24.1. The molecular formula is C29H27N3O5. The average molecular weight is 498 g/mol. The van der Waals surface area contributed by atoms with Crippen molar-refractivity contribution >= 4 is 23.4 Å². The van der Waals surface area contributed by atoms with E-state index in [1.165, 1.54) is 6.26 Å². The van der Waals surface area contributed by atoms with Gasteiger partial charge in [-0.05, 0) is 48.1 Å². The summed E-state index contributed by atoms with van der Waals surface area (Å²) < 4.78 is 10.6. The smallest absolute Gasteiger partial charge is 0.412 e. The number of carbonyl (C=O) groups excluding carboxylic acids is 1. The molecule has 5 rings (SSSR count). The number of anilines is 2. The Labute approximate surface area is 214 Å². The average Bonchev–Trinajstić information content (AvgIpc) is 3.25. The Bertz CT molecular complexity index is 1400. The van der Waals surface area contributed by atoms with Crippen LogP contribution in [0.4, 0.5) is 16.2 Å². The van der Waals surface area contributed by atoms with Crippen molar-refractivity contribution in [2.75, 3.05) is 17.2 Å². The van der Waals surface area contributed by atoms with Gasteiger partial charge in [0.1, 0.15) is 23.7 Å². The molecule has 1 aliphatic rings. The molecule has 0 saturated heterocycles. The number of fused-ring (bicyclic) bond motifs is 1. The molecule has 3 N–H and O–H groups in total. The van der Waals surface area contributed by atoms with E-state index in [1.807, 2.05) is 79.7 Å². The molecule has 37 heavy (non-hydrogen) atoms. The number of rotatable bonds is 6. The maximum atomic E-state index is 12.5. The lowest BCUT2D eigenvalue weighted by molar-refractivity contribution is -0.138. The van der Waals surface area contributed by atoms with Gasteiger partial charge < -0.3 is 19.7 Å². The lowest BCUT2D eigenvalue weighted by atomic mass is 9.92. The Kier molecular flexibility index (Phi) is 6.89. The second-order valence-corrected chi connectivity index (χ2v) is 9.00. The highest BCUT2D eigenvalue weighted by Gasteiger charge is 2.25. The van der Waals surface area contributed by atoms with Crippen molar-refractivity contribution in [3.63, 3.8) is 0 Å². The minimum atomic E-state index is -0.794. The summed E-state index contributed by atoms with van der Waals surface area (Å²) in [6, 6.07) is 23.0. The Morgan fingerprint density at radius 1 is 1.05 bits per heavy atom. The van der Waals surface area contributed by atoms with Gasteiger partial charge in [0.25, 0.3) is 0 Å². The number of nitrogens with zero attached hydrogens (tertiary/aromatic N) is 1. The highest BCUT2D eigenvalue weighted by Crippen LogP contribution is 2.36. The van der Waals surface area contributed by atoms with E-state index < -0.39 is 24.1 Å². The summed E-state index contributed by atoms with van der Waals surface area (Å²) in [4.78, 5) is 24.2. The quantitative estimate of drug-likeness (QED) is 0.272. The van der Waals surface area contributed by atoms with Gasteiger partial charge in [-0.3, -0.25) is 10.1 Å². The van der Waals surface area contributed by atoms with Gasteiger partial charge in [0, 0.05) is 17.8 Å². The normalized spacial score (nSPS) is 15.5. The number of hydrogen-bond acceptors (Lipinski definition) is 6. The number of ether oxygens (including phenoxy) is 1. The fraction of sp³-hybridized carbons (Fsp3) is 0.207. The van der Waals surface area contributed by atoms with Crippen LogP contribution in [0.25, 0.3) is 22.4 Å². The first-order valence-electron chi connectivity index (χ1n) is 12.2. The van der Waals surface area contributed by atoms with Gasteiger partial charge in [-0.15, -0.1) is 0 Å². The molecule has 2 heterocycles. The molecule has 1 amide bonds. The van der Waals surface area contributed by atoms with Crippen LogP contribution in [0.3, 0.4) is 0 Å². The molecule has 2 atom stereocenters. The second kappa shape index (κ2) is 10.6. The lowest BCUT2D eigenvalue weighted by Gasteiger charge is -2.15. The van der Waals surface area contributed by atoms with Gasteiger partial charge in [0.15, 0.2) is 0 Å². The van der Waals surface area contributed by atoms with Crippen molar-refractivity contribution in [1.29, 1.82) is 0 Å². The minimum absolute atomic E-state index is 0.409. The summed E-state index contributed by atoms with van der Waals surface area (Å²) in [7, 11) is 0. The molecular weight excluding hydrogens is 470 g/mol. The summed E-state index contributed by atoms with van der Waals surface area (Å²) in [5.41, 5.74) is 6.18.